The third kappa shape index (κ3) is 3.13. The Morgan fingerprint density at radius 1 is 1.39 bits per heavy atom. The molecule has 0 radical (unpaired) electrons. The van der Waals surface area contributed by atoms with Gasteiger partial charge < -0.3 is 5.11 Å². The summed E-state index contributed by atoms with van der Waals surface area (Å²) >= 11 is 3.35. The van der Waals surface area contributed by atoms with E-state index in [4.69, 9.17) is 0 Å². The van der Waals surface area contributed by atoms with Gasteiger partial charge in [-0.2, -0.15) is 0 Å². The molecule has 1 fully saturated rings. The third-order valence-corrected chi connectivity index (χ3v) is 6.11. The highest BCUT2D eigenvalue weighted by atomic mass is 79.9. The number of aliphatic hydroxyl groups excluding tert-OH is 1. The van der Waals surface area contributed by atoms with Crippen LogP contribution in [0.4, 0.5) is 0 Å². The van der Waals surface area contributed by atoms with E-state index in [9.17, 15) is 13.5 Å². The molecule has 1 aromatic carbocycles. The number of halogens is 1. The van der Waals surface area contributed by atoms with E-state index in [1.807, 2.05) is 13.0 Å². The Balaban J connectivity index is 2.03. The summed E-state index contributed by atoms with van der Waals surface area (Å²) in [7, 11) is -3.20. The smallest absolute Gasteiger partial charge is 0.178 e. The Morgan fingerprint density at radius 2 is 2.06 bits per heavy atom. The van der Waals surface area contributed by atoms with Crippen molar-refractivity contribution in [1.29, 1.82) is 0 Å². The minimum absolute atomic E-state index is 0.167. The maximum absolute atomic E-state index is 12.1. The highest BCUT2D eigenvalue weighted by Crippen LogP contribution is 2.31. The van der Waals surface area contributed by atoms with Gasteiger partial charge in [-0.3, -0.25) is 0 Å². The highest BCUT2D eigenvalue weighted by molar-refractivity contribution is 9.10. The standard InChI is InChI=1S/C13H17BrO3S/c1-9-2-3-12(8-13(9)14)18(16,17)5-4-10-6-11(15)7-10/h2-3,8,10-11,15H,4-7H2,1H3. The lowest BCUT2D eigenvalue weighted by atomic mass is 9.81. The Kier molecular flexibility index (Phi) is 4.14. The number of benzene rings is 1. The summed E-state index contributed by atoms with van der Waals surface area (Å²) in [6.45, 7) is 1.93. The number of aryl methyl sites for hydroxylation is 1. The van der Waals surface area contributed by atoms with Gasteiger partial charge in [0.15, 0.2) is 9.84 Å². The molecule has 0 aromatic heterocycles. The molecule has 1 aromatic rings. The average Bonchev–Trinajstić information content (AvgIpc) is 2.26. The van der Waals surface area contributed by atoms with Crippen LogP contribution in [-0.2, 0) is 9.84 Å². The van der Waals surface area contributed by atoms with Gasteiger partial charge in [-0.15, -0.1) is 0 Å². The van der Waals surface area contributed by atoms with E-state index >= 15 is 0 Å². The molecule has 1 aliphatic rings. The van der Waals surface area contributed by atoms with Gasteiger partial charge in [0.1, 0.15) is 0 Å². The molecule has 0 unspecified atom stereocenters. The topological polar surface area (TPSA) is 54.4 Å². The van der Waals surface area contributed by atoms with Crippen LogP contribution in [0.15, 0.2) is 27.6 Å². The van der Waals surface area contributed by atoms with Crippen LogP contribution in [0.2, 0.25) is 0 Å². The van der Waals surface area contributed by atoms with Crippen LogP contribution in [0, 0.1) is 12.8 Å². The van der Waals surface area contributed by atoms with Crippen molar-refractivity contribution in [2.45, 2.75) is 37.2 Å². The highest BCUT2D eigenvalue weighted by Gasteiger charge is 2.28. The van der Waals surface area contributed by atoms with Crippen LogP contribution in [-0.4, -0.2) is 25.4 Å². The van der Waals surface area contributed by atoms with Gasteiger partial charge in [0.05, 0.1) is 16.8 Å². The Morgan fingerprint density at radius 3 is 2.61 bits per heavy atom. The molecule has 3 nitrogen and oxygen atoms in total. The van der Waals surface area contributed by atoms with Crippen LogP contribution in [0.5, 0.6) is 0 Å². The SMILES string of the molecule is Cc1ccc(S(=O)(=O)CCC2CC(O)C2)cc1Br. The fourth-order valence-electron chi connectivity index (χ4n) is 2.14. The van der Waals surface area contributed by atoms with Crippen LogP contribution in [0.3, 0.4) is 0 Å². The van der Waals surface area contributed by atoms with E-state index in [-0.39, 0.29) is 11.9 Å². The van der Waals surface area contributed by atoms with Gasteiger partial charge in [0.25, 0.3) is 0 Å². The summed E-state index contributed by atoms with van der Waals surface area (Å²) in [6.07, 6.45) is 1.91. The summed E-state index contributed by atoms with van der Waals surface area (Å²) in [5.74, 6) is 0.531. The molecule has 5 heteroatoms. The average molecular weight is 333 g/mol. The second-order valence-electron chi connectivity index (χ2n) is 5.01. The molecule has 100 valence electrons. The number of sulfone groups is 1. The van der Waals surface area contributed by atoms with E-state index in [1.165, 1.54) is 0 Å². The third-order valence-electron chi connectivity index (χ3n) is 3.51. The summed E-state index contributed by atoms with van der Waals surface area (Å²) in [4.78, 5) is 0.375. The van der Waals surface area contributed by atoms with Crippen molar-refractivity contribution in [3.63, 3.8) is 0 Å². The fourth-order valence-corrected chi connectivity index (χ4v) is 4.13. The van der Waals surface area contributed by atoms with Crippen molar-refractivity contribution in [1.82, 2.24) is 0 Å². The van der Waals surface area contributed by atoms with Gasteiger partial charge in [0, 0.05) is 4.47 Å². The molecule has 2 rings (SSSR count). The van der Waals surface area contributed by atoms with Crippen molar-refractivity contribution in [2.75, 3.05) is 5.75 Å². The van der Waals surface area contributed by atoms with Crippen molar-refractivity contribution in [3.8, 4) is 0 Å². The van der Waals surface area contributed by atoms with Crippen LogP contribution in [0.1, 0.15) is 24.8 Å². The molecule has 0 bridgehead atoms. The molecule has 18 heavy (non-hydrogen) atoms. The van der Waals surface area contributed by atoms with Gasteiger partial charge in [-0.1, -0.05) is 22.0 Å². The van der Waals surface area contributed by atoms with Crippen LogP contribution < -0.4 is 0 Å². The Hall–Kier alpha value is -0.390. The van der Waals surface area contributed by atoms with Gasteiger partial charge in [-0.25, -0.2) is 8.42 Å². The molecule has 0 atom stereocenters. The minimum Gasteiger partial charge on any atom is -0.393 e. The first-order valence-corrected chi connectivity index (χ1v) is 8.50. The van der Waals surface area contributed by atoms with E-state index in [2.05, 4.69) is 15.9 Å². The van der Waals surface area contributed by atoms with Gasteiger partial charge in [-0.05, 0) is 49.8 Å². The second kappa shape index (κ2) is 5.31. The fraction of sp³-hybridized carbons (Fsp3) is 0.538. The zero-order chi connectivity index (χ0) is 13.3. The van der Waals surface area contributed by atoms with Crippen LogP contribution in [0.25, 0.3) is 0 Å². The molecule has 0 spiro atoms. The van der Waals surface area contributed by atoms with Crippen LogP contribution >= 0.6 is 15.9 Å². The molecule has 1 N–H and O–H groups in total. The van der Waals surface area contributed by atoms with E-state index < -0.39 is 9.84 Å². The molecule has 1 saturated carbocycles. The molecule has 0 amide bonds. The van der Waals surface area contributed by atoms with E-state index in [1.54, 1.807) is 12.1 Å². The van der Waals surface area contributed by atoms with Crippen molar-refractivity contribution in [3.05, 3.63) is 28.2 Å². The maximum atomic E-state index is 12.1. The minimum atomic E-state index is -3.20. The molecule has 0 heterocycles. The lowest BCUT2D eigenvalue weighted by Crippen LogP contribution is -2.29. The zero-order valence-electron chi connectivity index (χ0n) is 10.3. The summed E-state index contributed by atoms with van der Waals surface area (Å²) in [5, 5.41) is 9.18. The number of aliphatic hydroxyl groups is 1. The molecular weight excluding hydrogens is 316 g/mol. The first kappa shape index (κ1) is 14.0. The van der Waals surface area contributed by atoms with Crippen molar-refractivity contribution in [2.24, 2.45) is 5.92 Å². The van der Waals surface area contributed by atoms with E-state index in [0.717, 1.165) is 22.9 Å². The first-order chi connectivity index (χ1) is 8.38. The van der Waals surface area contributed by atoms with Gasteiger partial charge in [0.2, 0.25) is 0 Å². The summed E-state index contributed by atoms with van der Waals surface area (Å²) in [5.41, 5.74) is 1.02. The summed E-state index contributed by atoms with van der Waals surface area (Å²) in [6, 6.07) is 5.13. The lowest BCUT2D eigenvalue weighted by Gasteiger charge is -2.31. The quantitative estimate of drug-likeness (QED) is 0.922. The predicted molar refractivity (Wildman–Crippen MR) is 74.3 cm³/mol. The summed E-state index contributed by atoms with van der Waals surface area (Å²) < 4.78 is 25.1. The number of hydrogen-bond acceptors (Lipinski definition) is 3. The predicted octanol–water partition coefficient (Wildman–Crippen LogP) is 2.69. The normalized spacial score (nSPS) is 23.7. The molecule has 0 saturated heterocycles. The molecule has 0 aliphatic heterocycles. The first-order valence-electron chi connectivity index (χ1n) is 6.05. The number of rotatable bonds is 4. The largest absolute Gasteiger partial charge is 0.393 e. The van der Waals surface area contributed by atoms with Gasteiger partial charge >= 0.3 is 0 Å². The van der Waals surface area contributed by atoms with E-state index in [0.29, 0.717) is 17.2 Å². The zero-order valence-corrected chi connectivity index (χ0v) is 12.7. The molecule has 1 aliphatic carbocycles. The number of hydrogen-bond donors (Lipinski definition) is 1. The molecular formula is C13H17BrO3S. The monoisotopic (exact) mass is 332 g/mol. The Labute approximate surface area is 116 Å². The Bertz CT molecular complexity index is 533. The van der Waals surface area contributed by atoms with Crippen molar-refractivity contribution >= 4 is 25.8 Å². The van der Waals surface area contributed by atoms with Crippen molar-refractivity contribution < 1.29 is 13.5 Å². The maximum Gasteiger partial charge on any atom is 0.178 e. The second-order valence-corrected chi connectivity index (χ2v) is 7.97. The lowest BCUT2D eigenvalue weighted by molar-refractivity contribution is 0.0417.